The number of piperidine rings is 2. The van der Waals surface area contributed by atoms with Crippen LogP contribution in [0.5, 0.6) is 0 Å². The molecule has 1 N–H and O–H groups in total. The molecule has 2 nitrogen and oxygen atoms in total. The maximum Gasteiger partial charge on any atom is 0.119 e. The second-order valence-corrected chi connectivity index (χ2v) is 7.03. The minimum atomic E-state index is 0.385. The molecule has 2 bridgehead atoms. The van der Waals surface area contributed by atoms with Crippen molar-refractivity contribution in [3.8, 4) is 0 Å². The molecule has 2 saturated heterocycles. The monoisotopic (exact) mass is 327 g/mol. The Morgan fingerprint density at radius 1 is 1.26 bits per heavy atom. The molecule has 108 valence electrons. The highest BCUT2D eigenvalue weighted by atomic mass is 79.9. The minimum absolute atomic E-state index is 0.385. The number of hydrogen-bond acceptors (Lipinski definition) is 2. The van der Waals surface area contributed by atoms with E-state index in [4.69, 9.17) is 4.74 Å². The fourth-order valence-electron chi connectivity index (χ4n) is 3.13. The van der Waals surface area contributed by atoms with Crippen molar-refractivity contribution < 1.29 is 4.74 Å². The molecule has 2 aliphatic rings. The molecule has 2 fully saturated rings. The number of ether oxygens (including phenoxy) is 1. The second-order valence-electron chi connectivity index (χ2n) is 5.84. The molecule has 2 heterocycles. The third kappa shape index (κ3) is 4.09. The Hall–Kier alpha value is -0.280. The minimum Gasteiger partial charge on any atom is -0.490 e. The van der Waals surface area contributed by atoms with Gasteiger partial charge in [0.1, 0.15) is 11.9 Å². The third-order valence-corrected chi connectivity index (χ3v) is 4.84. The van der Waals surface area contributed by atoms with E-state index in [1.807, 2.05) is 0 Å². The predicted octanol–water partition coefficient (Wildman–Crippen LogP) is 4.66. The van der Waals surface area contributed by atoms with Gasteiger partial charge in [-0.05, 0) is 56.5 Å². The molecule has 0 saturated carbocycles. The highest BCUT2D eigenvalue weighted by Gasteiger charge is 2.32. The zero-order valence-electron chi connectivity index (χ0n) is 12.3. The van der Waals surface area contributed by atoms with Crippen LogP contribution in [0.2, 0.25) is 0 Å². The SMILES string of the molecule is CC/C=C(OC1C[C@H]2CCC[C@@H](C1)N2)\C(C)=C(/C)Br. The van der Waals surface area contributed by atoms with Gasteiger partial charge in [0.05, 0.1) is 0 Å². The van der Waals surface area contributed by atoms with Crippen molar-refractivity contribution in [2.45, 2.75) is 77.5 Å². The number of rotatable bonds is 4. The van der Waals surface area contributed by atoms with Crippen LogP contribution >= 0.6 is 15.9 Å². The Morgan fingerprint density at radius 3 is 2.42 bits per heavy atom. The highest BCUT2D eigenvalue weighted by molar-refractivity contribution is 9.11. The number of fused-ring (bicyclic) bond motifs is 2. The van der Waals surface area contributed by atoms with Gasteiger partial charge in [0.25, 0.3) is 0 Å². The van der Waals surface area contributed by atoms with Gasteiger partial charge in [0, 0.05) is 17.7 Å². The van der Waals surface area contributed by atoms with Crippen molar-refractivity contribution >= 4 is 15.9 Å². The van der Waals surface area contributed by atoms with Crippen molar-refractivity contribution in [1.82, 2.24) is 5.32 Å². The van der Waals surface area contributed by atoms with E-state index in [2.05, 4.69) is 48.1 Å². The average Bonchev–Trinajstić information content (AvgIpc) is 2.37. The number of halogens is 1. The van der Waals surface area contributed by atoms with Crippen LogP contribution in [0.15, 0.2) is 21.9 Å². The molecule has 3 atom stereocenters. The third-order valence-electron chi connectivity index (χ3n) is 4.24. The smallest absolute Gasteiger partial charge is 0.119 e. The summed E-state index contributed by atoms with van der Waals surface area (Å²) in [6, 6.07) is 1.35. The normalized spacial score (nSPS) is 32.8. The van der Waals surface area contributed by atoms with Crippen LogP contribution < -0.4 is 5.32 Å². The van der Waals surface area contributed by atoms with E-state index in [-0.39, 0.29) is 0 Å². The maximum absolute atomic E-state index is 6.32. The van der Waals surface area contributed by atoms with Crippen molar-refractivity contribution in [2.24, 2.45) is 0 Å². The quantitative estimate of drug-likeness (QED) is 0.599. The molecule has 1 unspecified atom stereocenters. The first-order chi connectivity index (χ1) is 9.10. The summed E-state index contributed by atoms with van der Waals surface area (Å²) < 4.78 is 7.49. The lowest BCUT2D eigenvalue weighted by Gasteiger charge is -2.40. The van der Waals surface area contributed by atoms with E-state index in [1.165, 1.54) is 29.3 Å². The van der Waals surface area contributed by atoms with Gasteiger partial charge in [0.15, 0.2) is 0 Å². The number of hydrogen-bond donors (Lipinski definition) is 1. The van der Waals surface area contributed by atoms with Crippen LogP contribution in [0.4, 0.5) is 0 Å². The Kier molecular flexibility index (Phi) is 5.52. The first-order valence-corrected chi connectivity index (χ1v) is 8.35. The molecule has 0 aromatic carbocycles. The molecule has 0 spiro atoms. The number of nitrogens with one attached hydrogen (secondary N) is 1. The van der Waals surface area contributed by atoms with Crippen molar-refractivity contribution in [2.75, 3.05) is 0 Å². The van der Waals surface area contributed by atoms with E-state index in [1.54, 1.807) is 0 Å². The van der Waals surface area contributed by atoms with Gasteiger partial charge in [-0.25, -0.2) is 0 Å². The lowest BCUT2D eigenvalue weighted by atomic mass is 9.85. The zero-order chi connectivity index (χ0) is 13.8. The van der Waals surface area contributed by atoms with Crippen LogP contribution in [0.3, 0.4) is 0 Å². The van der Waals surface area contributed by atoms with Gasteiger partial charge in [-0.2, -0.15) is 0 Å². The van der Waals surface area contributed by atoms with E-state index in [0.717, 1.165) is 25.0 Å². The standard InChI is InChI=1S/C16H26BrNO/c1-4-6-16(11(2)12(3)17)19-15-9-13-7-5-8-14(10-15)18-13/h6,13-15,18H,4-5,7-10H2,1-3H3/b12-11+,16-6+/t13-,14+,15?. The Balaban J connectivity index is 2.02. The van der Waals surface area contributed by atoms with Crippen LogP contribution in [-0.2, 0) is 4.74 Å². The molecule has 2 aliphatic heterocycles. The first kappa shape index (κ1) is 15.1. The van der Waals surface area contributed by atoms with Crippen LogP contribution in [-0.4, -0.2) is 18.2 Å². The van der Waals surface area contributed by atoms with Crippen molar-refractivity contribution in [3.05, 3.63) is 21.9 Å². The van der Waals surface area contributed by atoms with Crippen molar-refractivity contribution in [1.29, 1.82) is 0 Å². The zero-order valence-corrected chi connectivity index (χ0v) is 13.9. The van der Waals surface area contributed by atoms with Crippen LogP contribution in [0.25, 0.3) is 0 Å². The second kappa shape index (κ2) is 6.94. The molecule has 2 rings (SSSR count). The van der Waals surface area contributed by atoms with Gasteiger partial charge in [-0.1, -0.05) is 29.3 Å². The molecule has 0 amide bonds. The summed E-state index contributed by atoms with van der Waals surface area (Å²) in [7, 11) is 0. The molecular weight excluding hydrogens is 302 g/mol. The van der Waals surface area contributed by atoms with Crippen LogP contribution in [0.1, 0.15) is 59.3 Å². The first-order valence-electron chi connectivity index (χ1n) is 7.56. The molecule has 0 aliphatic carbocycles. The topological polar surface area (TPSA) is 21.3 Å². The summed E-state index contributed by atoms with van der Waals surface area (Å²) in [4.78, 5) is 0. The summed E-state index contributed by atoms with van der Waals surface area (Å²) in [5.41, 5.74) is 1.23. The summed E-state index contributed by atoms with van der Waals surface area (Å²) in [6.07, 6.45) is 9.94. The van der Waals surface area contributed by atoms with Gasteiger partial charge >= 0.3 is 0 Å². The summed E-state index contributed by atoms with van der Waals surface area (Å²) >= 11 is 3.57. The van der Waals surface area contributed by atoms with Gasteiger partial charge in [0.2, 0.25) is 0 Å². The highest BCUT2D eigenvalue weighted by Crippen LogP contribution is 2.30. The molecule has 0 aromatic rings. The van der Waals surface area contributed by atoms with E-state index < -0.39 is 0 Å². The van der Waals surface area contributed by atoms with Crippen molar-refractivity contribution in [3.63, 3.8) is 0 Å². The van der Waals surface area contributed by atoms with Gasteiger partial charge < -0.3 is 10.1 Å². The Morgan fingerprint density at radius 2 is 1.89 bits per heavy atom. The largest absolute Gasteiger partial charge is 0.490 e. The molecule has 0 radical (unpaired) electrons. The lowest BCUT2D eigenvalue weighted by molar-refractivity contribution is 0.0452. The van der Waals surface area contributed by atoms with Gasteiger partial charge in [-0.15, -0.1) is 0 Å². The molecule has 0 aromatic heterocycles. The van der Waals surface area contributed by atoms with E-state index in [0.29, 0.717) is 18.2 Å². The fourth-order valence-corrected chi connectivity index (χ4v) is 3.33. The fraction of sp³-hybridized carbons (Fsp3) is 0.750. The maximum atomic E-state index is 6.32. The Bertz CT molecular complexity index is 359. The summed E-state index contributed by atoms with van der Waals surface area (Å²) in [6.45, 7) is 6.38. The van der Waals surface area contributed by atoms with E-state index >= 15 is 0 Å². The molecule has 19 heavy (non-hydrogen) atoms. The lowest BCUT2D eigenvalue weighted by Crippen LogP contribution is -2.50. The van der Waals surface area contributed by atoms with Gasteiger partial charge in [-0.3, -0.25) is 0 Å². The Labute approximate surface area is 125 Å². The predicted molar refractivity (Wildman–Crippen MR) is 84.3 cm³/mol. The summed E-state index contributed by atoms with van der Waals surface area (Å²) in [5, 5.41) is 3.72. The van der Waals surface area contributed by atoms with Crippen LogP contribution in [0, 0.1) is 0 Å². The molecular formula is C16H26BrNO. The average molecular weight is 328 g/mol. The molecule has 3 heteroatoms. The van der Waals surface area contributed by atoms with E-state index in [9.17, 15) is 0 Å². The number of allylic oxidation sites excluding steroid dienone is 3. The summed E-state index contributed by atoms with van der Waals surface area (Å²) in [5.74, 6) is 1.07.